The molecule has 2 aliphatic heterocycles. The molecule has 0 unspecified atom stereocenters. The van der Waals surface area contributed by atoms with E-state index in [1.54, 1.807) is 0 Å². The average Bonchev–Trinajstić information content (AvgIpc) is 3.46. The van der Waals surface area contributed by atoms with E-state index < -0.39 is 0 Å². The van der Waals surface area contributed by atoms with Crippen LogP contribution in [0.5, 0.6) is 0 Å². The van der Waals surface area contributed by atoms with Crippen molar-refractivity contribution in [2.45, 2.75) is 39.8 Å². The maximum atomic E-state index is 6.00. The summed E-state index contributed by atoms with van der Waals surface area (Å²) in [4.78, 5) is 9.39. The standard InChI is InChI=1S/C32H35N5OS/c1-21-8-7-10-29(23(21)3)36-22(2)20-27(24(36)4)31-30(28-9-5-6-15-33-28)34-32(39)37(31)26-13-11-25(12-14-26)35-16-18-38-19-17-35/h5-15,20,30-31H,16-19H2,1-4H3,(H,34,39)/t30-,31-/m1/s1. The molecule has 2 aliphatic rings. The van der Waals surface area contributed by atoms with E-state index in [0.29, 0.717) is 5.11 Å². The van der Waals surface area contributed by atoms with Crippen LogP contribution in [0.3, 0.4) is 0 Å². The van der Waals surface area contributed by atoms with Gasteiger partial charge in [0.15, 0.2) is 5.11 Å². The first-order valence-corrected chi connectivity index (χ1v) is 14.0. The van der Waals surface area contributed by atoms with Gasteiger partial charge in [-0.1, -0.05) is 18.2 Å². The first kappa shape index (κ1) is 25.6. The highest BCUT2D eigenvalue weighted by Gasteiger charge is 2.42. The first-order chi connectivity index (χ1) is 18.9. The molecule has 2 atom stereocenters. The lowest BCUT2D eigenvalue weighted by atomic mass is 9.96. The molecule has 0 aliphatic carbocycles. The zero-order chi connectivity index (χ0) is 27.1. The van der Waals surface area contributed by atoms with Crippen molar-refractivity contribution in [1.29, 1.82) is 0 Å². The van der Waals surface area contributed by atoms with Gasteiger partial charge in [-0.15, -0.1) is 0 Å². The number of nitrogens with one attached hydrogen (secondary N) is 1. The van der Waals surface area contributed by atoms with Crippen molar-refractivity contribution in [2.24, 2.45) is 0 Å². The molecule has 4 heterocycles. The number of benzene rings is 2. The summed E-state index contributed by atoms with van der Waals surface area (Å²) in [6, 6.07) is 23.6. The number of pyridine rings is 1. The van der Waals surface area contributed by atoms with E-state index in [9.17, 15) is 0 Å². The van der Waals surface area contributed by atoms with Gasteiger partial charge in [-0.2, -0.15) is 0 Å². The molecule has 4 aromatic rings. The largest absolute Gasteiger partial charge is 0.378 e. The van der Waals surface area contributed by atoms with E-state index in [1.807, 2.05) is 18.3 Å². The number of aryl methyl sites for hydroxylation is 2. The van der Waals surface area contributed by atoms with Crippen molar-refractivity contribution in [3.63, 3.8) is 0 Å². The van der Waals surface area contributed by atoms with Crippen LogP contribution >= 0.6 is 12.2 Å². The zero-order valence-electron chi connectivity index (χ0n) is 23.0. The third-order valence-electron chi connectivity index (χ3n) is 8.21. The molecule has 2 fully saturated rings. The lowest BCUT2D eigenvalue weighted by molar-refractivity contribution is 0.122. The Hall–Kier alpha value is -3.68. The van der Waals surface area contributed by atoms with Crippen LogP contribution in [0.4, 0.5) is 11.4 Å². The summed E-state index contributed by atoms with van der Waals surface area (Å²) in [5.41, 5.74) is 10.7. The third kappa shape index (κ3) is 4.60. The van der Waals surface area contributed by atoms with Gasteiger partial charge in [0.25, 0.3) is 0 Å². The molecule has 7 heteroatoms. The van der Waals surface area contributed by atoms with Crippen LogP contribution in [0, 0.1) is 27.7 Å². The van der Waals surface area contributed by atoms with Crippen LogP contribution in [0.25, 0.3) is 5.69 Å². The SMILES string of the molecule is Cc1cccc(-n2c(C)cc([C@@H]3[C@@H](c4ccccn4)NC(=S)N3c3ccc(N4CCOCC4)cc3)c2C)c1C. The predicted molar refractivity (Wildman–Crippen MR) is 162 cm³/mol. The highest BCUT2D eigenvalue weighted by Crippen LogP contribution is 2.44. The van der Waals surface area contributed by atoms with Gasteiger partial charge in [0, 0.05) is 47.7 Å². The highest BCUT2D eigenvalue weighted by atomic mass is 32.1. The van der Waals surface area contributed by atoms with Crippen LogP contribution in [0.2, 0.25) is 0 Å². The van der Waals surface area contributed by atoms with Gasteiger partial charge >= 0.3 is 0 Å². The fourth-order valence-electron chi connectivity index (χ4n) is 6.03. The Kier molecular flexibility index (Phi) is 6.87. The topological polar surface area (TPSA) is 45.6 Å². The zero-order valence-corrected chi connectivity index (χ0v) is 23.8. The molecule has 6 rings (SSSR count). The van der Waals surface area contributed by atoms with Gasteiger partial charge < -0.3 is 24.4 Å². The number of thiocarbonyl (C=S) groups is 1. The maximum absolute atomic E-state index is 6.00. The number of nitrogens with zero attached hydrogens (tertiary/aromatic N) is 4. The molecule has 0 saturated carbocycles. The number of hydrogen-bond acceptors (Lipinski definition) is 4. The Morgan fingerprint density at radius 3 is 2.36 bits per heavy atom. The summed E-state index contributed by atoms with van der Waals surface area (Å²) in [6.45, 7) is 12.2. The minimum absolute atomic E-state index is 0.0494. The van der Waals surface area contributed by atoms with Crippen molar-refractivity contribution in [3.05, 3.63) is 107 Å². The molecule has 2 saturated heterocycles. The predicted octanol–water partition coefficient (Wildman–Crippen LogP) is 6.12. The summed E-state index contributed by atoms with van der Waals surface area (Å²) in [6.07, 6.45) is 1.86. The second-order valence-corrected chi connectivity index (χ2v) is 10.9. The number of aromatic nitrogens is 2. The molecule has 6 nitrogen and oxygen atoms in total. The minimum atomic E-state index is -0.0785. The molecule has 1 N–H and O–H groups in total. The van der Waals surface area contributed by atoms with Crippen LogP contribution < -0.4 is 15.1 Å². The van der Waals surface area contributed by atoms with Crippen molar-refractivity contribution in [1.82, 2.24) is 14.9 Å². The number of hydrogen-bond donors (Lipinski definition) is 1. The second kappa shape index (κ2) is 10.5. The van der Waals surface area contributed by atoms with Gasteiger partial charge in [-0.3, -0.25) is 4.98 Å². The second-order valence-electron chi connectivity index (χ2n) is 10.5. The molecular formula is C32H35N5OS. The van der Waals surface area contributed by atoms with Crippen LogP contribution in [0.15, 0.2) is 72.9 Å². The van der Waals surface area contributed by atoms with E-state index in [-0.39, 0.29) is 12.1 Å². The van der Waals surface area contributed by atoms with Gasteiger partial charge in [-0.05, 0) is 105 Å². The van der Waals surface area contributed by atoms with Gasteiger partial charge in [0.2, 0.25) is 0 Å². The smallest absolute Gasteiger partial charge is 0.174 e. The minimum Gasteiger partial charge on any atom is -0.378 e. The number of anilines is 2. The Balaban J connectivity index is 1.45. The molecule has 2 aromatic carbocycles. The summed E-state index contributed by atoms with van der Waals surface area (Å²) >= 11 is 6.00. The Labute approximate surface area is 236 Å². The Bertz CT molecular complexity index is 1490. The summed E-state index contributed by atoms with van der Waals surface area (Å²) < 4.78 is 7.93. The normalized spacial score (nSPS) is 19.4. The molecule has 0 radical (unpaired) electrons. The molecule has 2 aromatic heterocycles. The van der Waals surface area contributed by atoms with Crippen molar-refractivity contribution >= 4 is 28.7 Å². The van der Waals surface area contributed by atoms with E-state index in [1.165, 1.54) is 39.5 Å². The summed E-state index contributed by atoms with van der Waals surface area (Å²) in [5.74, 6) is 0. The Morgan fingerprint density at radius 1 is 0.897 bits per heavy atom. The number of rotatable bonds is 5. The van der Waals surface area contributed by atoms with Gasteiger partial charge in [-0.25, -0.2) is 0 Å². The van der Waals surface area contributed by atoms with Crippen LogP contribution in [0.1, 0.15) is 45.9 Å². The maximum Gasteiger partial charge on any atom is 0.174 e. The first-order valence-electron chi connectivity index (χ1n) is 13.6. The molecule has 0 amide bonds. The monoisotopic (exact) mass is 537 g/mol. The number of ether oxygens (including phenoxy) is 1. The fraction of sp³-hybridized carbons (Fsp3) is 0.312. The van der Waals surface area contributed by atoms with Gasteiger partial charge in [0.1, 0.15) is 0 Å². The van der Waals surface area contributed by atoms with Crippen LogP contribution in [-0.2, 0) is 4.74 Å². The van der Waals surface area contributed by atoms with Gasteiger partial charge in [0.05, 0.1) is 31.0 Å². The van der Waals surface area contributed by atoms with Crippen molar-refractivity contribution in [2.75, 3.05) is 36.1 Å². The summed E-state index contributed by atoms with van der Waals surface area (Å²) in [7, 11) is 0. The molecule has 0 bridgehead atoms. The lowest BCUT2D eigenvalue weighted by Gasteiger charge is -2.31. The van der Waals surface area contributed by atoms with Crippen LogP contribution in [-0.4, -0.2) is 41.0 Å². The fourth-order valence-corrected chi connectivity index (χ4v) is 6.38. The molecule has 200 valence electrons. The van der Waals surface area contributed by atoms with E-state index in [2.05, 4.69) is 102 Å². The van der Waals surface area contributed by atoms with E-state index >= 15 is 0 Å². The average molecular weight is 538 g/mol. The highest BCUT2D eigenvalue weighted by molar-refractivity contribution is 7.80. The number of morpholine rings is 1. The van der Waals surface area contributed by atoms with Crippen molar-refractivity contribution < 1.29 is 4.74 Å². The summed E-state index contributed by atoms with van der Waals surface area (Å²) in [5, 5.41) is 4.33. The Morgan fingerprint density at radius 2 is 1.64 bits per heavy atom. The van der Waals surface area contributed by atoms with Crippen molar-refractivity contribution in [3.8, 4) is 5.69 Å². The van der Waals surface area contributed by atoms with E-state index in [4.69, 9.17) is 21.9 Å². The molecular weight excluding hydrogens is 502 g/mol. The molecule has 0 spiro atoms. The quantitative estimate of drug-likeness (QED) is 0.310. The van der Waals surface area contributed by atoms with E-state index in [0.717, 1.165) is 37.7 Å². The molecule has 39 heavy (non-hydrogen) atoms. The lowest BCUT2D eigenvalue weighted by Crippen LogP contribution is -2.36. The third-order valence-corrected chi connectivity index (χ3v) is 8.52.